The number of fused-ring (bicyclic) bond motifs is 1. The zero-order valence-electron chi connectivity index (χ0n) is 22.9. The number of benzene rings is 3. The number of rotatable bonds is 13. The van der Waals surface area contributed by atoms with Crippen LogP contribution in [0, 0.1) is 0 Å². The second-order valence-corrected chi connectivity index (χ2v) is 10.8. The van der Waals surface area contributed by atoms with E-state index in [1.165, 1.54) is 12.5 Å². The lowest BCUT2D eigenvalue weighted by Gasteiger charge is -2.07. The van der Waals surface area contributed by atoms with Crippen molar-refractivity contribution < 1.29 is 24.9 Å². The minimum atomic E-state index is -0.945. The van der Waals surface area contributed by atoms with E-state index in [1.54, 1.807) is 42.1 Å². The number of phenols is 1. The average Bonchev–Trinajstić information content (AvgIpc) is 3.22. The van der Waals surface area contributed by atoms with Crippen LogP contribution in [0.5, 0.6) is 11.6 Å². The Balaban J connectivity index is 1.53. The second-order valence-electron chi connectivity index (χ2n) is 9.66. The molecular weight excluding hydrogens is 540 g/mol. The van der Waals surface area contributed by atoms with E-state index >= 15 is 0 Å². The van der Waals surface area contributed by atoms with Crippen molar-refractivity contribution in [1.29, 1.82) is 0 Å². The number of carbonyl (C=O) groups excluding carboxylic acids is 1. The van der Waals surface area contributed by atoms with Crippen LogP contribution in [0.25, 0.3) is 10.9 Å². The minimum Gasteiger partial charge on any atom is -0.506 e. The third-order valence-electron chi connectivity index (χ3n) is 6.71. The van der Waals surface area contributed by atoms with Gasteiger partial charge in [0.25, 0.3) is 0 Å². The average molecular weight is 575 g/mol. The van der Waals surface area contributed by atoms with Crippen LogP contribution in [0.15, 0.2) is 81.9 Å². The van der Waals surface area contributed by atoms with E-state index in [-0.39, 0.29) is 28.6 Å². The molecule has 4 N–H and O–H groups in total. The summed E-state index contributed by atoms with van der Waals surface area (Å²) in [5.41, 5.74) is 2.54. The number of aromatic hydroxyl groups is 2. The van der Waals surface area contributed by atoms with Crippen molar-refractivity contribution in [1.82, 2.24) is 4.57 Å². The number of hydrogen-bond donors (Lipinski definition) is 4. The lowest BCUT2D eigenvalue weighted by Crippen LogP contribution is -2.05. The standard InChI is InChI=1S/C31H34N4O5S/c1-2-3-4-5-8-18-35-26-16-15-23(41-19-17-21-11-13-22(14-12-21)30(38)39)20-24(26)28(29(35)37)33-34-31(40)32-25-9-6-7-10-27(25)36/h6-7,9-16,20,36-37H,2-5,8,17-19H2,1H3,(H,32,40)(H,38,39). The van der Waals surface area contributed by atoms with Gasteiger partial charge in [-0.15, -0.1) is 16.9 Å². The number of carboxylic acids is 1. The molecule has 0 radical (unpaired) electrons. The first-order chi connectivity index (χ1) is 19.9. The second kappa shape index (κ2) is 14.4. The van der Waals surface area contributed by atoms with Crippen molar-refractivity contribution >= 4 is 46.0 Å². The number of nitrogens with zero attached hydrogens (tertiary/aromatic N) is 3. The maximum atomic E-state index is 12.5. The number of unbranched alkanes of at least 4 members (excludes halogenated alkanes) is 4. The molecule has 0 spiro atoms. The highest BCUT2D eigenvalue weighted by Crippen LogP contribution is 2.41. The Morgan fingerprint density at radius 2 is 1.71 bits per heavy atom. The van der Waals surface area contributed by atoms with Gasteiger partial charge in [-0.05, 0) is 60.9 Å². The van der Waals surface area contributed by atoms with E-state index in [9.17, 15) is 19.8 Å². The fourth-order valence-corrected chi connectivity index (χ4v) is 5.45. The van der Waals surface area contributed by atoms with Gasteiger partial charge in [0.15, 0.2) is 5.69 Å². The molecule has 0 atom stereocenters. The topological polar surface area (TPSA) is 137 Å². The molecule has 4 aromatic rings. The van der Waals surface area contributed by atoms with Crippen LogP contribution in [0.3, 0.4) is 0 Å². The van der Waals surface area contributed by atoms with Crippen LogP contribution >= 0.6 is 11.8 Å². The third kappa shape index (κ3) is 7.88. The molecule has 4 rings (SSSR count). The Kier molecular flexibility index (Phi) is 10.4. The van der Waals surface area contributed by atoms with Gasteiger partial charge in [0.05, 0.1) is 16.8 Å². The molecule has 0 aliphatic carbocycles. The molecule has 0 saturated heterocycles. The number of azo groups is 1. The zero-order chi connectivity index (χ0) is 29.2. The molecule has 0 saturated carbocycles. The van der Waals surface area contributed by atoms with Gasteiger partial charge in [0.2, 0.25) is 5.88 Å². The summed E-state index contributed by atoms with van der Waals surface area (Å²) < 4.78 is 1.81. The smallest absolute Gasteiger partial charge is 0.364 e. The van der Waals surface area contributed by atoms with Crippen molar-refractivity contribution in [3.05, 3.63) is 77.9 Å². The maximum Gasteiger partial charge on any atom is 0.364 e. The summed E-state index contributed by atoms with van der Waals surface area (Å²) >= 11 is 1.63. The first kappa shape index (κ1) is 29.7. The Bertz CT molecular complexity index is 1530. The molecule has 0 aliphatic heterocycles. The summed E-state index contributed by atoms with van der Waals surface area (Å²) in [6.07, 6.45) is 6.17. The van der Waals surface area contributed by atoms with Gasteiger partial charge in [-0.1, -0.05) is 62.0 Å². The van der Waals surface area contributed by atoms with E-state index in [0.717, 1.165) is 53.8 Å². The van der Waals surface area contributed by atoms with Crippen molar-refractivity contribution in [2.24, 2.45) is 10.2 Å². The number of urea groups is 1. The normalized spacial score (nSPS) is 11.3. The molecule has 41 heavy (non-hydrogen) atoms. The molecule has 214 valence electrons. The molecular formula is C31H34N4O5S. The highest BCUT2D eigenvalue weighted by atomic mass is 32.2. The minimum absolute atomic E-state index is 0.0460. The van der Waals surface area contributed by atoms with Gasteiger partial charge in [-0.2, -0.15) is 0 Å². The zero-order valence-corrected chi connectivity index (χ0v) is 23.7. The quantitative estimate of drug-likeness (QED) is 0.0548. The van der Waals surface area contributed by atoms with Crippen LogP contribution in [0.4, 0.5) is 16.2 Å². The Morgan fingerprint density at radius 3 is 2.44 bits per heavy atom. The number of amides is 2. The van der Waals surface area contributed by atoms with Gasteiger partial charge in [0.1, 0.15) is 5.75 Å². The van der Waals surface area contributed by atoms with Gasteiger partial charge < -0.3 is 25.2 Å². The Morgan fingerprint density at radius 1 is 0.951 bits per heavy atom. The number of phenolic OH excluding ortho intramolecular Hbond substituents is 1. The monoisotopic (exact) mass is 574 g/mol. The number of carboxylic acid groups (broad SMARTS) is 1. The fraction of sp³-hybridized carbons (Fsp3) is 0.290. The molecule has 0 fully saturated rings. The summed E-state index contributed by atoms with van der Waals surface area (Å²) in [4.78, 5) is 24.5. The van der Waals surface area contributed by atoms with Crippen LogP contribution in [0.2, 0.25) is 0 Å². The molecule has 10 heteroatoms. The largest absolute Gasteiger partial charge is 0.506 e. The SMILES string of the molecule is CCCCCCCn1c(O)c(N=NC(=O)Nc2ccccc2O)c2cc(SCCc3ccc(C(=O)O)cc3)ccc21. The molecule has 0 aliphatic rings. The van der Waals surface area contributed by atoms with Crippen molar-refractivity contribution in [3.8, 4) is 11.6 Å². The number of thioether (sulfide) groups is 1. The number of aryl methyl sites for hydroxylation is 2. The van der Waals surface area contributed by atoms with Gasteiger partial charge in [-0.25, -0.2) is 9.59 Å². The fourth-order valence-electron chi connectivity index (χ4n) is 4.51. The molecule has 9 nitrogen and oxygen atoms in total. The van der Waals surface area contributed by atoms with Crippen LogP contribution in [-0.2, 0) is 13.0 Å². The Labute approximate surface area is 242 Å². The molecule has 0 unspecified atom stereocenters. The van der Waals surface area contributed by atoms with Crippen LogP contribution in [0.1, 0.15) is 54.9 Å². The van der Waals surface area contributed by atoms with Crippen LogP contribution < -0.4 is 5.32 Å². The lowest BCUT2D eigenvalue weighted by atomic mass is 10.1. The van der Waals surface area contributed by atoms with Gasteiger partial charge >= 0.3 is 12.0 Å². The van der Waals surface area contributed by atoms with Crippen molar-refractivity contribution in [2.75, 3.05) is 11.1 Å². The summed E-state index contributed by atoms with van der Waals surface area (Å²) in [6, 6.07) is 18.3. The number of aromatic nitrogens is 1. The van der Waals surface area contributed by atoms with E-state index in [2.05, 4.69) is 22.5 Å². The molecule has 3 aromatic carbocycles. The number of anilines is 1. The molecule has 1 heterocycles. The number of hydrogen-bond acceptors (Lipinski definition) is 6. The first-order valence-electron chi connectivity index (χ1n) is 13.7. The summed E-state index contributed by atoms with van der Waals surface area (Å²) in [7, 11) is 0. The highest BCUT2D eigenvalue weighted by Gasteiger charge is 2.18. The predicted octanol–water partition coefficient (Wildman–Crippen LogP) is 8.37. The molecule has 2 amide bonds. The lowest BCUT2D eigenvalue weighted by molar-refractivity contribution is 0.0697. The molecule has 0 bridgehead atoms. The Hall–Kier alpha value is -4.31. The van der Waals surface area contributed by atoms with E-state index in [1.807, 2.05) is 34.9 Å². The van der Waals surface area contributed by atoms with Crippen molar-refractivity contribution in [2.45, 2.75) is 56.9 Å². The summed E-state index contributed by atoms with van der Waals surface area (Å²) in [5.74, 6) is -0.311. The summed E-state index contributed by atoms with van der Waals surface area (Å²) in [6.45, 7) is 2.78. The number of carbonyl (C=O) groups is 2. The van der Waals surface area contributed by atoms with E-state index < -0.39 is 12.0 Å². The van der Waals surface area contributed by atoms with Crippen LogP contribution in [-0.4, -0.2) is 37.6 Å². The number of nitrogens with one attached hydrogen (secondary N) is 1. The van der Waals surface area contributed by atoms with E-state index in [4.69, 9.17) is 5.11 Å². The van der Waals surface area contributed by atoms with Crippen molar-refractivity contribution in [3.63, 3.8) is 0 Å². The predicted molar refractivity (Wildman–Crippen MR) is 162 cm³/mol. The third-order valence-corrected chi connectivity index (χ3v) is 7.71. The maximum absolute atomic E-state index is 12.5. The van der Waals surface area contributed by atoms with E-state index in [0.29, 0.717) is 11.9 Å². The number of para-hydroxylation sites is 2. The first-order valence-corrected chi connectivity index (χ1v) is 14.7. The summed E-state index contributed by atoms with van der Waals surface area (Å²) in [5, 5.41) is 41.2. The molecule has 1 aromatic heterocycles. The van der Waals surface area contributed by atoms with Gasteiger partial charge in [-0.3, -0.25) is 0 Å². The van der Waals surface area contributed by atoms with Gasteiger partial charge in [0, 0.05) is 22.6 Å². The highest BCUT2D eigenvalue weighted by molar-refractivity contribution is 7.99. The number of aromatic carboxylic acids is 1.